The van der Waals surface area contributed by atoms with Gasteiger partial charge in [-0.05, 0) is 66.9 Å². The van der Waals surface area contributed by atoms with E-state index in [0.717, 1.165) is 41.2 Å². The maximum Gasteiger partial charge on any atom is 0.240 e. The van der Waals surface area contributed by atoms with Gasteiger partial charge in [-0.1, -0.05) is 28.1 Å². The van der Waals surface area contributed by atoms with Crippen LogP contribution in [0.5, 0.6) is 0 Å². The monoisotopic (exact) mass is 382 g/mol. The van der Waals surface area contributed by atoms with E-state index < -0.39 is 10.0 Å². The Bertz CT molecular complexity index is 771. The molecule has 0 radical (unpaired) electrons. The first-order chi connectivity index (χ1) is 10.5. The molecule has 1 fully saturated rings. The Hall–Kier alpha value is -0.950. The van der Waals surface area contributed by atoms with Gasteiger partial charge in [-0.3, -0.25) is 0 Å². The predicted octanol–water partition coefficient (Wildman–Crippen LogP) is 2.88. The Morgan fingerprint density at radius 2 is 1.95 bits per heavy atom. The molecule has 2 aromatic rings. The minimum atomic E-state index is -3.45. The average Bonchev–Trinajstić information content (AvgIpc) is 2.53. The number of fused-ring (bicyclic) bond motifs is 1. The Morgan fingerprint density at radius 3 is 2.73 bits per heavy atom. The number of piperidine rings is 1. The molecule has 3 rings (SSSR count). The molecule has 6 heteroatoms. The first-order valence-electron chi connectivity index (χ1n) is 7.44. The standard InChI is InChI=1S/C16H19BrN2O2S/c17-15-5-3-14-9-16(6-4-13(14)8-15)22(20,21)19-11-12-2-1-7-18-10-12/h3-6,8-9,12,18-19H,1-2,7,10-11H2. The fourth-order valence-electron chi connectivity index (χ4n) is 2.77. The van der Waals surface area contributed by atoms with Crippen molar-refractivity contribution in [1.29, 1.82) is 0 Å². The van der Waals surface area contributed by atoms with Crippen molar-refractivity contribution >= 4 is 36.7 Å². The molecule has 1 atom stereocenters. The number of hydrogen-bond acceptors (Lipinski definition) is 3. The van der Waals surface area contributed by atoms with Crippen molar-refractivity contribution < 1.29 is 8.42 Å². The Balaban J connectivity index is 1.77. The van der Waals surface area contributed by atoms with E-state index >= 15 is 0 Å². The van der Waals surface area contributed by atoms with E-state index in [1.807, 2.05) is 24.3 Å². The second-order valence-corrected chi connectivity index (χ2v) is 8.40. The second kappa shape index (κ2) is 6.66. The van der Waals surface area contributed by atoms with Crippen molar-refractivity contribution in [2.75, 3.05) is 19.6 Å². The summed E-state index contributed by atoms with van der Waals surface area (Å²) < 4.78 is 28.6. The van der Waals surface area contributed by atoms with Crippen molar-refractivity contribution in [1.82, 2.24) is 10.0 Å². The Kier molecular flexibility index (Phi) is 4.82. The normalized spacial score (nSPS) is 19.4. The molecule has 0 amide bonds. The molecule has 1 aliphatic heterocycles. The van der Waals surface area contributed by atoms with E-state index in [4.69, 9.17) is 0 Å². The molecule has 4 nitrogen and oxygen atoms in total. The number of sulfonamides is 1. The van der Waals surface area contributed by atoms with E-state index in [1.54, 1.807) is 12.1 Å². The smallest absolute Gasteiger partial charge is 0.240 e. The summed E-state index contributed by atoms with van der Waals surface area (Å²) >= 11 is 3.42. The zero-order valence-corrected chi connectivity index (χ0v) is 14.6. The lowest BCUT2D eigenvalue weighted by Crippen LogP contribution is -2.38. The third kappa shape index (κ3) is 3.68. The zero-order chi connectivity index (χ0) is 15.6. The van der Waals surface area contributed by atoms with Gasteiger partial charge in [0.1, 0.15) is 0 Å². The highest BCUT2D eigenvalue weighted by Gasteiger charge is 2.18. The van der Waals surface area contributed by atoms with Gasteiger partial charge in [0.15, 0.2) is 0 Å². The van der Waals surface area contributed by atoms with Crippen LogP contribution in [0, 0.1) is 5.92 Å². The van der Waals surface area contributed by atoms with Crippen molar-refractivity contribution in [3.05, 3.63) is 40.9 Å². The van der Waals surface area contributed by atoms with Crippen LogP contribution >= 0.6 is 15.9 Å². The van der Waals surface area contributed by atoms with E-state index in [-0.39, 0.29) is 0 Å². The Labute approximate surface area is 139 Å². The van der Waals surface area contributed by atoms with E-state index in [0.29, 0.717) is 17.4 Å². The van der Waals surface area contributed by atoms with Crippen molar-refractivity contribution in [3.8, 4) is 0 Å². The van der Waals surface area contributed by atoms with Crippen molar-refractivity contribution in [2.45, 2.75) is 17.7 Å². The molecule has 1 unspecified atom stereocenters. The van der Waals surface area contributed by atoms with Gasteiger partial charge in [0.2, 0.25) is 10.0 Å². The molecule has 2 aromatic carbocycles. The summed E-state index contributed by atoms with van der Waals surface area (Å²) in [4.78, 5) is 0.325. The van der Waals surface area contributed by atoms with Crippen molar-refractivity contribution in [3.63, 3.8) is 0 Å². The lowest BCUT2D eigenvalue weighted by atomic mass is 10.0. The van der Waals surface area contributed by atoms with Crippen molar-refractivity contribution in [2.24, 2.45) is 5.92 Å². The number of benzene rings is 2. The third-order valence-corrected chi connectivity index (χ3v) is 5.96. The van der Waals surface area contributed by atoms with Gasteiger partial charge in [-0.2, -0.15) is 0 Å². The highest BCUT2D eigenvalue weighted by atomic mass is 79.9. The first kappa shape index (κ1) is 15.9. The van der Waals surface area contributed by atoms with Crippen LogP contribution in [0.25, 0.3) is 10.8 Å². The lowest BCUT2D eigenvalue weighted by Gasteiger charge is -2.22. The van der Waals surface area contributed by atoms with Crippen LogP contribution in [-0.2, 0) is 10.0 Å². The first-order valence-corrected chi connectivity index (χ1v) is 9.72. The average molecular weight is 383 g/mol. The molecular weight excluding hydrogens is 364 g/mol. The van der Waals surface area contributed by atoms with Gasteiger partial charge < -0.3 is 5.32 Å². The summed E-state index contributed by atoms with van der Waals surface area (Å²) in [5.41, 5.74) is 0. The van der Waals surface area contributed by atoms with Crippen LogP contribution in [-0.4, -0.2) is 28.1 Å². The fraction of sp³-hybridized carbons (Fsp3) is 0.375. The fourth-order valence-corrected chi connectivity index (χ4v) is 4.30. The van der Waals surface area contributed by atoms with E-state index in [1.165, 1.54) is 0 Å². The van der Waals surface area contributed by atoms with E-state index in [9.17, 15) is 8.42 Å². The summed E-state index contributed by atoms with van der Waals surface area (Å²) in [6.45, 7) is 2.41. The van der Waals surface area contributed by atoms with Gasteiger partial charge in [-0.25, -0.2) is 13.1 Å². The summed E-state index contributed by atoms with van der Waals surface area (Å²) in [6.07, 6.45) is 2.18. The topological polar surface area (TPSA) is 58.2 Å². The second-order valence-electron chi connectivity index (χ2n) is 5.72. The number of hydrogen-bond donors (Lipinski definition) is 2. The molecule has 2 N–H and O–H groups in total. The minimum Gasteiger partial charge on any atom is -0.316 e. The lowest BCUT2D eigenvalue weighted by molar-refractivity contribution is 0.376. The Morgan fingerprint density at radius 1 is 1.18 bits per heavy atom. The summed E-state index contributed by atoms with van der Waals surface area (Å²) in [7, 11) is -3.45. The highest BCUT2D eigenvalue weighted by Crippen LogP contribution is 2.23. The number of nitrogens with one attached hydrogen (secondary N) is 2. The SMILES string of the molecule is O=S(=O)(NCC1CCCNC1)c1ccc2cc(Br)ccc2c1. The molecule has 0 aromatic heterocycles. The number of halogens is 1. The molecule has 0 aliphatic carbocycles. The van der Waals surface area contributed by atoms with Gasteiger partial charge in [-0.15, -0.1) is 0 Å². The van der Waals surface area contributed by atoms with E-state index in [2.05, 4.69) is 26.0 Å². The van der Waals surface area contributed by atoms with Crippen LogP contribution in [0.4, 0.5) is 0 Å². The molecule has 0 spiro atoms. The zero-order valence-electron chi connectivity index (χ0n) is 12.2. The molecule has 22 heavy (non-hydrogen) atoms. The molecule has 0 bridgehead atoms. The third-order valence-electron chi connectivity index (χ3n) is 4.05. The molecule has 0 saturated carbocycles. The maximum absolute atomic E-state index is 12.4. The largest absolute Gasteiger partial charge is 0.316 e. The quantitative estimate of drug-likeness (QED) is 0.854. The van der Waals surface area contributed by atoms with Crippen LogP contribution in [0.15, 0.2) is 45.8 Å². The molecule has 1 heterocycles. The van der Waals surface area contributed by atoms with Gasteiger partial charge >= 0.3 is 0 Å². The van der Waals surface area contributed by atoms with Crippen LogP contribution in [0.3, 0.4) is 0 Å². The molecule has 1 saturated heterocycles. The minimum absolute atomic E-state index is 0.325. The van der Waals surface area contributed by atoms with Crippen LogP contribution in [0.2, 0.25) is 0 Å². The maximum atomic E-state index is 12.4. The van der Waals surface area contributed by atoms with Gasteiger partial charge in [0, 0.05) is 11.0 Å². The van der Waals surface area contributed by atoms with Crippen LogP contribution < -0.4 is 10.0 Å². The summed E-state index contributed by atoms with van der Waals surface area (Å²) in [5.74, 6) is 0.375. The summed E-state index contributed by atoms with van der Waals surface area (Å²) in [6, 6.07) is 11.0. The molecule has 1 aliphatic rings. The van der Waals surface area contributed by atoms with Gasteiger partial charge in [0.05, 0.1) is 4.90 Å². The van der Waals surface area contributed by atoms with Crippen LogP contribution in [0.1, 0.15) is 12.8 Å². The molecular formula is C16H19BrN2O2S. The summed E-state index contributed by atoms with van der Waals surface area (Å²) in [5, 5.41) is 5.24. The predicted molar refractivity (Wildman–Crippen MR) is 92.4 cm³/mol. The molecule has 118 valence electrons. The number of rotatable bonds is 4. The van der Waals surface area contributed by atoms with Gasteiger partial charge in [0.25, 0.3) is 0 Å². The highest BCUT2D eigenvalue weighted by molar-refractivity contribution is 9.10.